The van der Waals surface area contributed by atoms with Crippen molar-refractivity contribution in [2.75, 3.05) is 0 Å². The molecule has 1 aromatic rings. The van der Waals surface area contributed by atoms with Gasteiger partial charge in [0.1, 0.15) is 5.75 Å². The van der Waals surface area contributed by atoms with Gasteiger partial charge in [-0.1, -0.05) is 17.7 Å². The molecular formula is C10H8ClNO. The molecule has 2 rings (SSSR count). The predicted molar refractivity (Wildman–Crippen MR) is 49.6 cm³/mol. The van der Waals surface area contributed by atoms with E-state index in [-0.39, 0.29) is 5.75 Å². The van der Waals surface area contributed by atoms with E-state index in [1.807, 2.05) is 0 Å². The van der Waals surface area contributed by atoms with Crippen LogP contribution in [0.25, 0.3) is 0 Å². The number of hydrogen-bond donors (Lipinski definition) is 1. The molecule has 0 heterocycles. The van der Waals surface area contributed by atoms with Gasteiger partial charge in [-0.05, 0) is 25.0 Å². The van der Waals surface area contributed by atoms with Crippen LogP contribution in [-0.2, 0) is 5.41 Å². The zero-order valence-electron chi connectivity index (χ0n) is 6.92. The van der Waals surface area contributed by atoms with Crippen molar-refractivity contribution >= 4 is 11.6 Å². The Morgan fingerprint density at radius 2 is 2.15 bits per heavy atom. The van der Waals surface area contributed by atoms with Crippen LogP contribution in [0, 0.1) is 11.3 Å². The van der Waals surface area contributed by atoms with Crippen LogP contribution in [0.15, 0.2) is 18.2 Å². The fourth-order valence-corrected chi connectivity index (χ4v) is 1.64. The van der Waals surface area contributed by atoms with Crippen LogP contribution in [0.4, 0.5) is 0 Å². The summed E-state index contributed by atoms with van der Waals surface area (Å²) in [4.78, 5) is 0. The van der Waals surface area contributed by atoms with Gasteiger partial charge in [-0.25, -0.2) is 0 Å². The molecule has 1 aromatic carbocycles. The standard InChI is InChI=1S/C10H8ClNO/c11-7-1-2-8(9(13)5-7)10(6-12)3-4-10/h1-2,5,13H,3-4H2. The van der Waals surface area contributed by atoms with Crippen molar-refractivity contribution < 1.29 is 5.11 Å². The second-order valence-corrected chi connectivity index (χ2v) is 3.79. The van der Waals surface area contributed by atoms with Gasteiger partial charge in [-0.3, -0.25) is 0 Å². The van der Waals surface area contributed by atoms with Crippen LogP contribution < -0.4 is 0 Å². The second kappa shape index (κ2) is 2.65. The van der Waals surface area contributed by atoms with Crippen molar-refractivity contribution in [2.45, 2.75) is 18.3 Å². The second-order valence-electron chi connectivity index (χ2n) is 3.36. The zero-order chi connectivity index (χ0) is 9.47. The van der Waals surface area contributed by atoms with Gasteiger partial charge in [-0.15, -0.1) is 0 Å². The molecule has 0 spiro atoms. The normalized spacial score (nSPS) is 17.8. The predicted octanol–water partition coefficient (Wildman–Crippen LogP) is 2.60. The molecule has 0 aromatic heterocycles. The highest BCUT2D eigenvalue weighted by molar-refractivity contribution is 6.30. The van der Waals surface area contributed by atoms with Crippen LogP contribution in [0.1, 0.15) is 18.4 Å². The Balaban J connectivity index is 2.48. The zero-order valence-corrected chi connectivity index (χ0v) is 7.67. The number of rotatable bonds is 1. The molecule has 1 N–H and O–H groups in total. The molecular weight excluding hydrogens is 186 g/mol. The highest BCUT2D eigenvalue weighted by Crippen LogP contribution is 2.50. The van der Waals surface area contributed by atoms with Crippen molar-refractivity contribution in [3.05, 3.63) is 28.8 Å². The maximum atomic E-state index is 9.56. The number of aromatic hydroxyl groups is 1. The van der Waals surface area contributed by atoms with E-state index in [0.717, 1.165) is 12.8 Å². The fourth-order valence-electron chi connectivity index (χ4n) is 1.48. The van der Waals surface area contributed by atoms with E-state index in [9.17, 15) is 5.11 Å². The van der Waals surface area contributed by atoms with Gasteiger partial charge < -0.3 is 5.11 Å². The number of benzene rings is 1. The number of hydrogen-bond acceptors (Lipinski definition) is 2. The average Bonchev–Trinajstić information content (AvgIpc) is 2.85. The van der Waals surface area contributed by atoms with Gasteiger partial charge >= 0.3 is 0 Å². The molecule has 0 unspecified atom stereocenters. The molecule has 3 heteroatoms. The molecule has 0 saturated heterocycles. The van der Waals surface area contributed by atoms with Gasteiger partial charge in [0.05, 0.1) is 11.5 Å². The van der Waals surface area contributed by atoms with Gasteiger partial charge in [0.25, 0.3) is 0 Å². The van der Waals surface area contributed by atoms with Crippen LogP contribution >= 0.6 is 11.6 Å². The minimum absolute atomic E-state index is 0.131. The molecule has 13 heavy (non-hydrogen) atoms. The summed E-state index contributed by atoms with van der Waals surface area (Å²) in [5.41, 5.74) is 0.272. The summed E-state index contributed by atoms with van der Waals surface area (Å²) in [7, 11) is 0. The van der Waals surface area contributed by atoms with Gasteiger partial charge in [0.2, 0.25) is 0 Å². The highest BCUT2D eigenvalue weighted by Gasteiger charge is 2.46. The maximum Gasteiger partial charge on any atom is 0.121 e. The van der Waals surface area contributed by atoms with E-state index in [1.54, 1.807) is 12.1 Å². The topological polar surface area (TPSA) is 44.0 Å². The molecule has 1 fully saturated rings. The Hall–Kier alpha value is -1.20. The van der Waals surface area contributed by atoms with Crippen molar-refractivity contribution in [1.29, 1.82) is 5.26 Å². The van der Waals surface area contributed by atoms with Crippen LogP contribution in [0.2, 0.25) is 5.02 Å². The van der Waals surface area contributed by atoms with E-state index in [2.05, 4.69) is 6.07 Å². The summed E-state index contributed by atoms with van der Waals surface area (Å²) < 4.78 is 0. The lowest BCUT2D eigenvalue weighted by Gasteiger charge is -2.08. The monoisotopic (exact) mass is 193 g/mol. The van der Waals surface area contributed by atoms with E-state index in [1.165, 1.54) is 6.07 Å². The average molecular weight is 194 g/mol. The third-order valence-electron chi connectivity index (χ3n) is 2.44. The molecule has 0 radical (unpaired) electrons. The van der Waals surface area contributed by atoms with Crippen LogP contribution in [0.5, 0.6) is 5.75 Å². The van der Waals surface area contributed by atoms with Gasteiger partial charge in [-0.2, -0.15) is 5.26 Å². The summed E-state index contributed by atoms with van der Waals surface area (Å²) >= 11 is 5.69. The Morgan fingerprint density at radius 3 is 2.62 bits per heavy atom. The Morgan fingerprint density at radius 1 is 1.46 bits per heavy atom. The molecule has 1 saturated carbocycles. The summed E-state index contributed by atoms with van der Waals surface area (Å²) in [5.74, 6) is 0.131. The SMILES string of the molecule is N#CC1(c2ccc(Cl)cc2O)CC1. The summed E-state index contributed by atoms with van der Waals surface area (Å²) in [6, 6.07) is 7.14. The third kappa shape index (κ3) is 1.26. The number of phenolic OH excluding ortho intramolecular Hbond substituents is 1. The van der Waals surface area contributed by atoms with Crippen molar-refractivity contribution in [1.82, 2.24) is 0 Å². The molecule has 1 aliphatic carbocycles. The first-order valence-electron chi connectivity index (χ1n) is 4.08. The highest BCUT2D eigenvalue weighted by atomic mass is 35.5. The largest absolute Gasteiger partial charge is 0.508 e. The number of halogens is 1. The van der Waals surface area contributed by atoms with Crippen LogP contribution in [-0.4, -0.2) is 5.11 Å². The lowest BCUT2D eigenvalue weighted by molar-refractivity contribution is 0.465. The quantitative estimate of drug-likeness (QED) is 0.745. The minimum Gasteiger partial charge on any atom is -0.508 e. The third-order valence-corrected chi connectivity index (χ3v) is 2.67. The first-order valence-corrected chi connectivity index (χ1v) is 4.46. The van der Waals surface area contributed by atoms with Crippen molar-refractivity contribution in [3.63, 3.8) is 0 Å². The van der Waals surface area contributed by atoms with E-state index < -0.39 is 5.41 Å². The first-order chi connectivity index (χ1) is 6.18. The molecule has 1 aliphatic rings. The summed E-state index contributed by atoms with van der Waals surface area (Å²) in [6.45, 7) is 0. The lowest BCUT2D eigenvalue weighted by atomic mass is 9.97. The Bertz CT molecular complexity index is 390. The number of nitriles is 1. The minimum atomic E-state index is -0.436. The Kier molecular flexibility index (Phi) is 1.71. The summed E-state index contributed by atoms with van der Waals surface area (Å²) in [6.07, 6.45) is 1.66. The molecule has 0 aliphatic heterocycles. The summed E-state index contributed by atoms with van der Waals surface area (Å²) in [5, 5.41) is 19.0. The number of nitrogens with zero attached hydrogens (tertiary/aromatic N) is 1. The maximum absolute atomic E-state index is 9.56. The molecule has 2 nitrogen and oxygen atoms in total. The van der Waals surface area contributed by atoms with Crippen molar-refractivity contribution in [2.24, 2.45) is 0 Å². The smallest absolute Gasteiger partial charge is 0.121 e. The molecule has 66 valence electrons. The molecule has 0 atom stereocenters. The number of phenols is 1. The van der Waals surface area contributed by atoms with Crippen molar-refractivity contribution in [3.8, 4) is 11.8 Å². The fraction of sp³-hybridized carbons (Fsp3) is 0.300. The lowest BCUT2D eigenvalue weighted by Crippen LogP contribution is -2.02. The molecule has 0 amide bonds. The van der Waals surface area contributed by atoms with E-state index >= 15 is 0 Å². The molecule has 0 bridgehead atoms. The van der Waals surface area contributed by atoms with Gasteiger partial charge in [0.15, 0.2) is 0 Å². The first kappa shape index (κ1) is 8.40. The van der Waals surface area contributed by atoms with Crippen LogP contribution in [0.3, 0.4) is 0 Å². The van der Waals surface area contributed by atoms with E-state index in [0.29, 0.717) is 10.6 Å². The van der Waals surface area contributed by atoms with E-state index in [4.69, 9.17) is 16.9 Å². The Labute approximate surface area is 81.4 Å². The van der Waals surface area contributed by atoms with Gasteiger partial charge in [0, 0.05) is 10.6 Å².